The zero-order valence-corrected chi connectivity index (χ0v) is 26.8. The van der Waals surface area contributed by atoms with E-state index in [1.807, 2.05) is 48.5 Å². The fraction of sp³-hybridized carbons (Fsp3) is 0.333. The summed E-state index contributed by atoms with van der Waals surface area (Å²) in [5.74, 6) is -5.32. The van der Waals surface area contributed by atoms with Gasteiger partial charge in [-0.05, 0) is 28.7 Å². The SMILES string of the molecule is CS(=O)(=O)/C=C/[C@H](CC(=O)O)NC(=O)[C@H](CC(=O)[C@H](CCC(=O)O)NC(=O)OCC1c2ccccc2-c2ccccc21)Cc1cnc[nH]1. The second kappa shape index (κ2) is 16.0. The number of hydrogen-bond donors (Lipinski definition) is 5. The predicted molar refractivity (Wildman–Crippen MR) is 172 cm³/mol. The Hall–Kier alpha value is -5.31. The number of alkyl carbamates (subject to hydrolysis) is 1. The van der Waals surface area contributed by atoms with Gasteiger partial charge < -0.3 is 30.6 Å². The fourth-order valence-corrected chi connectivity index (χ4v) is 6.04. The number of carbonyl (C=O) groups excluding carboxylic acids is 3. The lowest BCUT2D eigenvalue weighted by atomic mass is 9.91. The minimum atomic E-state index is -3.64. The molecule has 0 aliphatic heterocycles. The van der Waals surface area contributed by atoms with Crippen LogP contribution >= 0.6 is 0 Å². The second-order valence-electron chi connectivity index (χ2n) is 11.5. The van der Waals surface area contributed by atoms with Gasteiger partial charge in [0, 0.05) is 48.7 Å². The maximum absolute atomic E-state index is 13.6. The quantitative estimate of drug-likeness (QED) is 0.139. The molecule has 2 amide bonds. The van der Waals surface area contributed by atoms with Crippen LogP contribution in [0, 0.1) is 5.92 Å². The minimum Gasteiger partial charge on any atom is -0.481 e. The highest BCUT2D eigenvalue weighted by Crippen LogP contribution is 2.44. The number of imidazole rings is 1. The number of nitrogens with one attached hydrogen (secondary N) is 3. The lowest BCUT2D eigenvalue weighted by molar-refractivity contribution is -0.139. The normalized spacial score (nSPS) is 14.4. The number of hydrogen-bond acceptors (Lipinski definition) is 9. The first-order chi connectivity index (χ1) is 22.8. The molecule has 0 saturated heterocycles. The molecule has 3 atom stereocenters. The molecule has 48 heavy (non-hydrogen) atoms. The number of ketones is 1. The number of Topliss-reactive ketones (excluding diaryl/α,β-unsaturated/α-hetero) is 1. The van der Waals surface area contributed by atoms with Gasteiger partial charge >= 0.3 is 18.0 Å². The van der Waals surface area contributed by atoms with Gasteiger partial charge in [-0.15, -0.1) is 0 Å². The number of aromatic amines is 1. The van der Waals surface area contributed by atoms with Crippen molar-refractivity contribution < 1.29 is 47.3 Å². The average molecular weight is 681 g/mol. The number of nitrogens with zero attached hydrogens (tertiary/aromatic N) is 1. The Morgan fingerprint density at radius 2 is 1.60 bits per heavy atom. The minimum absolute atomic E-state index is 0.0451. The molecule has 0 bridgehead atoms. The van der Waals surface area contributed by atoms with E-state index in [0.717, 1.165) is 40.0 Å². The van der Waals surface area contributed by atoms with E-state index < -0.39 is 76.8 Å². The molecule has 0 unspecified atom stereocenters. The van der Waals surface area contributed by atoms with E-state index in [0.29, 0.717) is 5.69 Å². The van der Waals surface area contributed by atoms with Crippen LogP contribution in [0.15, 0.2) is 72.5 Å². The molecule has 2 aromatic carbocycles. The van der Waals surface area contributed by atoms with Crippen molar-refractivity contribution in [3.8, 4) is 11.1 Å². The van der Waals surface area contributed by atoms with Crippen LogP contribution in [0.25, 0.3) is 11.1 Å². The van der Waals surface area contributed by atoms with Crippen molar-refractivity contribution in [3.63, 3.8) is 0 Å². The maximum Gasteiger partial charge on any atom is 0.407 e. The summed E-state index contributed by atoms with van der Waals surface area (Å²) in [6, 6.07) is 12.9. The van der Waals surface area contributed by atoms with Crippen molar-refractivity contribution in [1.82, 2.24) is 20.6 Å². The number of benzene rings is 2. The number of carbonyl (C=O) groups is 5. The molecule has 5 N–H and O–H groups in total. The lowest BCUT2D eigenvalue weighted by Crippen LogP contribution is -2.45. The van der Waals surface area contributed by atoms with Crippen molar-refractivity contribution in [1.29, 1.82) is 0 Å². The van der Waals surface area contributed by atoms with Gasteiger partial charge in [0.05, 0.1) is 30.7 Å². The smallest absolute Gasteiger partial charge is 0.407 e. The number of carboxylic acids is 2. The Labute approximate surface area is 276 Å². The molecule has 15 heteroatoms. The van der Waals surface area contributed by atoms with Crippen molar-refractivity contribution >= 4 is 39.6 Å². The van der Waals surface area contributed by atoms with E-state index >= 15 is 0 Å². The predicted octanol–water partition coefficient (Wildman–Crippen LogP) is 2.82. The Kier molecular flexibility index (Phi) is 11.8. The summed E-state index contributed by atoms with van der Waals surface area (Å²) in [5.41, 5.74) is 4.47. The van der Waals surface area contributed by atoms with Crippen LogP contribution in [-0.2, 0) is 40.2 Å². The monoisotopic (exact) mass is 680 g/mol. The lowest BCUT2D eigenvalue weighted by Gasteiger charge is -2.23. The van der Waals surface area contributed by atoms with Crippen molar-refractivity contribution in [2.45, 2.75) is 50.1 Å². The fourth-order valence-electron chi connectivity index (χ4n) is 5.56. The number of fused-ring (bicyclic) bond motifs is 3. The molecule has 1 aliphatic carbocycles. The number of sulfone groups is 1. The highest BCUT2D eigenvalue weighted by Gasteiger charge is 2.32. The molecular formula is C33H36N4O10S. The topological polar surface area (TPSA) is 222 Å². The molecule has 0 spiro atoms. The molecule has 0 saturated carbocycles. The standard InChI is InChI=1S/C33H36N4O10S/c1-48(45,46)13-12-21(16-31(41)42)36-32(43)20(14-22-17-34-19-35-22)15-29(38)28(10-11-30(39)40)37-33(44)47-18-27-25-8-4-2-6-23(25)24-7-3-5-9-26(24)27/h2-9,12-13,17,19-21,27-28H,10-11,14-16,18H2,1H3,(H,34,35)(H,36,43)(H,37,44)(H,39,40)(H,41,42)/b13-12+/t20-,21+,28-/m0/s1. The number of aromatic nitrogens is 2. The third kappa shape index (κ3) is 10.1. The van der Waals surface area contributed by atoms with Crippen LogP contribution in [0.5, 0.6) is 0 Å². The number of carboxylic acid groups (broad SMARTS) is 2. The number of amides is 2. The summed E-state index contributed by atoms with van der Waals surface area (Å²) in [6.45, 7) is -0.0451. The van der Waals surface area contributed by atoms with Crippen molar-refractivity contribution in [3.05, 3.63) is 89.4 Å². The third-order valence-electron chi connectivity index (χ3n) is 7.79. The van der Waals surface area contributed by atoms with E-state index in [1.54, 1.807) is 0 Å². The van der Waals surface area contributed by atoms with Crippen LogP contribution in [0.4, 0.5) is 4.79 Å². The zero-order chi connectivity index (χ0) is 34.8. The Bertz CT molecular complexity index is 1740. The largest absolute Gasteiger partial charge is 0.481 e. The van der Waals surface area contributed by atoms with Gasteiger partial charge in [0.2, 0.25) is 5.91 Å². The number of ether oxygens (including phenoxy) is 1. The van der Waals surface area contributed by atoms with Crippen LogP contribution in [0.2, 0.25) is 0 Å². The van der Waals surface area contributed by atoms with E-state index in [1.165, 1.54) is 12.5 Å². The summed E-state index contributed by atoms with van der Waals surface area (Å²) in [5, 5.41) is 24.3. The van der Waals surface area contributed by atoms with E-state index in [4.69, 9.17) is 4.74 Å². The number of H-pyrrole nitrogens is 1. The van der Waals surface area contributed by atoms with E-state index in [9.17, 15) is 42.6 Å². The first-order valence-corrected chi connectivity index (χ1v) is 17.0. The molecular weight excluding hydrogens is 644 g/mol. The molecule has 1 aliphatic rings. The van der Waals surface area contributed by atoms with Gasteiger partial charge in [-0.2, -0.15) is 0 Å². The highest BCUT2D eigenvalue weighted by atomic mass is 32.2. The first-order valence-electron chi connectivity index (χ1n) is 15.0. The maximum atomic E-state index is 13.6. The molecule has 4 rings (SSSR count). The average Bonchev–Trinajstić information content (AvgIpc) is 3.65. The summed E-state index contributed by atoms with van der Waals surface area (Å²) < 4.78 is 28.8. The van der Waals surface area contributed by atoms with Crippen molar-refractivity contribution in [2.24, 2.45) is 5.92 Å². The summed E-state index contributed by atoms with van der Waals surface area (Å²) in [4.78, 5) is 69.5. The molecule has 14 nitrogen and oxygen atoms in total. The molecule has 0 fully saturated rings. The zero-order valence-electron chi connectivity index (χ0n) is 26.0. The van der Waals surface area contributed by atoms with Crippen LogP contribution in [0.3, 0.4) is 0 Å². The van der Waals surface area contributed by atoms with Gasteiger partial charge in [0.25, 0.3) is 0 Å². The highest BCUT2D eigenvalue weighted by molar-refractivity contribution is 7.93. The molecule has 0 radical (unpaired) electrons. The van der Waals surface area contributed by atoms with Crippen molar-refractivity contribution in [2.75, 3.05) is 12.9 Å². The summed E-state index contributed by atoms with van der Waals surface area (Å²) in [6.07, 6.45) is 1.88. The summed E-state index contributed by atoms with van der Waals surface area (Å²) >= 11 is 0. The number of rotatable bonds is 17. The molecule has 1 heterocycles. The summed E-state index contributed by atoms with van der Waals surface area (Å²) in [7, 11) is -3.64. The third-order valence-corrected chi connectivity index (χ3v) is 8.44. The van der Waals surface area contributed by atoms with Gasteiger partial charge in [-0.3, -0.25) is 19.2 Å². The van der Waals surface area contributed by atoms with Gasteiger partial charge in [-0.1, -0.05) is 54.6 Å². The molecule has 3 aromatic rings. The van der Waals surface area contributed by atoms with Crippen LogP contribution < -0.4 is 10.6 Å². The Morgan fingerprint density at radius 1 is 0.958 bits per heavy atom. The molecule has 254 valence electrons. The van der Waals surface area contributed by atoms with E-state index in [-0.39, 0.29) is 25.4 Å². The second-order valence-corrected chi connectivity index (χ2v) is 13.4. The van der Waals surface area contributed by atoms with E-state index in [2.05, 4.69) is 20.6 Å². The first kappa shape index (κ1) is 35.5. The van der Waals surface area contributed by atoms with Gasteiger partial charge in [0.1, 0.15) is 6.61 Å². The number of aliphatic carboxylic acids is 2. The van der Waals surface area contributed by atoms with Crippen LogP contribution in [-0.4, -0.2) is 83.3 Å². The Balaban J connectivity index is 1.48. The van der Waals surface area contributed by atoms with Gasteiger partial charge in [0.15, 0.2) is 15.6 Å². The Morgan fingerprint density at radius 3 is 2.17 bits per heavy atom. The van der Waals surface area contributed by atoms with Gasteiger partial charge in [-0.25, -0.2) is 18.2 Å². The molecule has 1 aromatic heterocycles. The van der Waals surface area contributed by atoms with Crippen LogP contribution in [0.1, 0.15) is 48.4 Å².